The fourth-order valence-corrected chi connectivity index (χ4v) is 2.86. The molecule has 0 radical (unpaired) electrons. The molecule has 2 aromatic carbocycles. The molecular weight excluding hydrogens is 334 g/mol. The van der Waals surface area contributed by atoms with Crippen LogP contribution in [0.4, 0.5) is 5.69 Å². The molecule has 0 unspecified atom stereocenters. The summed E-state index contributed by atoms with van der Waals surface area (Å²) in [5.74, 6) is 2.26. The first-order valence-corrected chi connectivity index (χ1v) is 8.62. The van der Waals surface area contributed by atoms with Gasteiger partial charge in [0.15, 0.2) is 23.0 Å². The lowest BCUT2D eigenvalue weighted by Crippen LogP contribution is -2.15. The van der Waals surface area contributed by atoms with Crippen LogP contribution in [-0.4, -0.2) is 33.3 Å². The second-order valence-corrected chi connectivity index (χ2v) is 5.88. The third-order valence-corrected chi connectivity index (χ3v) is 4.24. The summed E-state index contributed by atoms with van der Waals surface area (Å²) in [7, 11) is 3.13. The quantitative estimate of drug-likeness (QED) is 0.884. The number of carbonyl (C=O) groups excluding carboxylic acids is 1. The minimum absolute atomic E-state index is 0.211. The van der Waals surface area contributed by atoms with E-state index in [4.69, 9.17) is 18.9 Å². The van der Waals surface area contributed by atoms with Gasteiger partial charge in [-0.05, 0) is 36.2 Å². The molecular formula is C20H23NO5. The van der Waals surface area contributed by atoms with Gasteiger partial charge < -0.3 is 24.3 Å². The molecule has 0 atom stereocenters. The highest BCUT2D eigenvalue weighted by Gasteiger charge is 2.17. The summed E-state index contributed by atoms with van der Waals surface area (Å²) in [5, 5.41) is 2.92. The van der Waals surface area contributed by atoms with Crippen LogP contribution in [0.25, 0.3) is 0 Å². The summed E-state index contributed by atoms with van der Waals surface area (Å²) in [6.07, 6.45) is 1.53. The molecule has 0 bridgehead atoms. The Labute approximate surface area is 153 Å². The van der Waals surface area contributed by atoms with Gasteiger partial charge in [-0.1, -0.05) is 6.92 Å². The number of hydrogen-bond donors (Lipinski definition) is 1. The van der Waals surface area contributed by atoms with Crippen molar-refractivity contribution in [3.05, 3.63) is 41.5 Å². The van der Waals surface area contributed by atoms with E-state index in [2.05, 4.69) is 5.32 Å². The van der Waals surface area contributed by atoms with Gasteiger partial charge >= 0.3 is 0 Å². The first kappa shape index (κ1) is 17.9. The molecule has 0 aliphatic carbocycles. The number of hydrogen-bond acceptors (Lipinski definition) is 5. The summed E-state index contributed by atoms with van der Waals surface area (Å²) < 4.78 is 21.9. The molecule has 26 heavy (non-hydrogen) atoms. The molecule has 0 aromatic heterocycles. The maximum Gasteiger partial charge on any atom is 0.256 e. The Morgan fingerprint density at radius 3 is 2.42 bits per heavy atom. The van der Waals surface area contributed by atoms with Crippen LogP contribution in [-0.2, 0) is 6.42 Å². The van der Waals surface area contributed by atoms with Crippen molar-refractivity contribution in [1.82, 2.24) is 0 Å². The van der Waals surface area contributed by atoms with Gasteiger partial charge in [-0.25, -0.2) is 0 Å². The number of anilines is 1. The van der Waals surface area contributed by atoms with Crippen LogP contribution in [0.3, 0.4) is 0 Å². The fourth-order valence-electron chi connectivity index (χ4n) is 2.86. The molecule has 2 aromatic rings. The van der Waals surface area contributed by atoms with Gasteiger partial charge in [0, 0.05) is 23.7 Å². The van der Waals surface area contributed by atoms with Gasteiger partial charge in [0.2, 0.25) is 0 Å². The van der Waals surface area contributed by atoms with Gasteiger partial charge in [-0.15, -0.1) is 0 Å². The zero-order valence-electron chi connectivity index (χ0n) is 15.3. The van der Waals surface area contributed by atoms with E-state index in [1.807, 2.05) is 19.1 Å². The van der Waals surface area contributed by atoms with E-state index in [0.29, 0.717) is 53.9 Å². The number of aryl methyl sites for hydroxylation is 1. The fraction of sp³-hybridized carbons (Fsp3) is 0.350. The van der Waals surface area contributed by atoms with E-state index in [1.54, 1.807) is 32.4 Å². The van der Waals surface area contributed by atoms with Crippen LogP contribution >= 0.6 is 0 Å². The molecule has 6 heteroatoms. The number of carbonyl (C=O) groups is 1. The number of ether oxygens (including phenoxy) is 4. The molecule has 1 N–H and O–H groups in total. The van der Waals surface area contributed by atoms with Gasteiger partial charge in [0.1, 0.15) is 0 Å². The number of benzene rings is 2. The maximum absolute atomic E-state index is 12.8. The van der Waals surface area contributed by atoms with Crippen molar-refractivity contribution in [3.63, 3.8) is 0 Å². The van der Waals surface area contributed by atoms with Crippen LogP contribution in [0.15, 0.2) is 30.3 Å². The Kier molecular flexibility index (Phi) is 5.51. The summed E-state index contributed by atoms with van der Waals surface area (Å²) in [6.45, 7) is 3.22. The summed E-state index contributed by atoms with van der Waals surface area (Å²) >= 11 is 0. The van der Waals surface area contributed by atoms with E-state index in [0.717, 1.165) is 12.0 Å². The number of amides is 1. The van der Waals surface area contributed by atoms with Crippen molar-refractivity contribution < 1.29 is 23.7 Å². The molecule has 0 saturated carbocycles. The summed E-state index contributed by atoms with van der Waals surface area (Å²) in [5.41, 5.74) is 2.09. The van der Waals surface area contributed by atoms with Gasteiger partial charge in [0.05, 0.1) is 27.4 Å². The van der Waals surface area contributed by atoms with Crippen LogP contribution in [0.1, 0.15) is 29.3 Å². The smallest absolute Gasteiger partial charge is 0.256 e. The van der Waals surface area contributed by atoms with E-state index in [-0.39, 0.29) is 5.91 Å². The molecule has 0 saturated heterocycles. The number of methoxy groups -OCH3 is 2. The van der Waals surface area contributed by atoms with Crippen molar-refractivity contribution in [2.24, 2.45) is 0 Å². The zero-order valence-corrected chi connectivity index (χ0v) is 15.3. The van der Waals surface area contributed by atoms with Gasteiger partial charge in [-0.3, -0.25) is 4.79 Å². The summed E-state index contributed by atoms with van der Waals surface area (Å²) in [4.78, 5) is 12.8. The number of rotatable bonds is 5. The SMILES string of the molecule is CCc1cc(OC)c(OC)cc1C(=O)Nc1ccc2c(c1)OCCCO2. The molecule has 0 fully saturated rings. The highest BCUT2D eigenvalue weighted by Crippen LogP contribution is 2.34. The molecule has 0 spiro atoms. The first-order valence-electron chi connectivity index (χ1n) is 8.62. The Hall–Kier alpha value is -2.89. The topological polar surface area (TPSA) is 66.0 Å². The molecule has 1 aliphatic rings. The molecule has 1 amide bonds. The number of fused-ring (bicyclic) bond motifs is 1. The third kappa shape index (κ3) is 3.69. The second-order valence-electron chi connectivity index (χ2n) is 5.88. The van der Waals surface area contributed by atoms with Crippen LogP contribution in [0.5, 0.6) is 23.0 Å². The Bertz CT molecular complexity index is 803. The van der Waals surface area contributed by atoms with Crippen molar-refractivity contribution in [2.75, 3.05) is 32.8 Å². The highest BCUT2D eigenvalue weighted by molar-refractivity contribution is 6.06. The zero-order chi connectivity index (χ0) is 18.5. The second kappa shape index (κ2) is 7.99. The number of nitrogens with one attached hydrogen (secondary N) is 1. The lowest BCUT2D eigenvalue weighted by Gasteiger charge is -2.15. The predicted molar refractivity (Wildman–Crippen MR) is 98.9 cm³/mol. The van der Waals surface area contributed by atoms with E-state index < -0.39 is 0 Å². The summed E-state index contributed by atoms with van der Waals surface area (Å²) in [6, 6.07) is 8.94. The van der Waals surface area contributed by atoms with Crippen LogP contribution < -0.4 is 24.3 Å². The standard InChI is InChI=1S/C20H23NO5/c1-4-13-10-17(23-2)18(24-3)12-15(13)20(22)21-14-6-7-16-19(11-14)26-9-5-8-25-16/h6-7,10-12H,4-5,8-9H2,1-3H3,(H,21,22). The van der Waals surface area contributed by atoms with Crippen molar-refractivity contribution in [3.8, 4) is 23.0 Å². The third-order valence-electron chi connectivity index (χ3n) is 4.24. The lowest BCUT2D eigenvalue weighted by molar-refractivity contribution is 0.102. The van der Waals surface area contributed by atoms with E-state index in [1.165, 1.54) is 0 Å². The average molecular weight is 357 g/mol. The van der Waals surface area contributed by atoms with Gasteiger partial charge in [0.25, 0.3) is 5.91 Å². The Morgan fingerprint density at radius 1 is 1.04 bits per heavy atom. The maximum atomic E-state index is 12.8. The normalized spacial score (nSPS) is 12.9. The first-order chi connectivity index (χ1) is 12.7. The van der Waals surface area contributed by atoms with Crippen LogP contribution in [0, 0.1) is 0 Å². The average Bonchev–Trinajstić information content (AvgIpc) is 2.91. The largest absolute Gasteiger partial charge is 0.493 e. The highest BCUT2D eigenvalue weighted by atomic mass is 16.5. The molecule has 1 heterocycles. The van der Waals surface area contributed by atoms with Crippen molar-refractivity contribution in [2.45, 2.75) is 19.8 Å². The lowest BCUT2D eigenvalue weighted by atomic mass is 10.0. The molecule has 3 rings (SSSR count). The monoisotopic (exact) mass is 357 g/mol. The van der Waals surface area contributed by atoms with E-state index >= 15 is 0 Å². The minimum atomic E-state index is -0.211. The predicted octanol–water partition coefficient (Wildman–Crippen LogP) is 3.68. The van der Waals surface area contributed by atoms with E-state index in [9.17, 15) is 4.79 Å². The minimum Gasteiger partial charge on any atom is -0.493 e. The Morgan fingerprint density at radius 2 is 1.73 bits per heavy atom. The van der Waals surface area contributed by atoms with Gasteiger partial charge in [-0.2, -0.15) is 0 Å². The molecule has 6 nitrogen and oxygen atoms in total. The molecule has 138 valence electrons. The van der Waals surface area contributed by atoms with Crippen molar-refractivity contribution in [1.29, 1.82) is 0 Å². The Balaban J connectivity index is 1.87. The van der Waals surface area contributed by atoms with Crippen LogP contribution in [0.2, 0.25) is 0 Å². The van der Waals surface area contributed by atoms with Crippen molar-refractivity contribution >= 4 is 11.6 Å². The molecule has 1 aliphatic heterocycles.